The zero-order valence-corrected chi connectivity index (χ0v) is 10.5. The van der Waals surface area contributed by atoms with Crippen molar-refractivity contribution < 1.29 is 0 Å². The molecular weight excluding hydrogens is 202 g/mol. The Hall–Kier alpha value is -1.32. The van der Waals surface area contributed by atoms with Crippen LogP contribution in [0.25, 0.3) is 0 Å². The Morgan fingerprint density at radius 3 is 2.25 bits per heavy atom. The first kappa shape index (κ1) is 12.7. The van der Waals surface area contributed by atoms with Gasteiger partial charge in [-0.15, -0.1) is 0 Å². The zero-order chi connectivity index (χ0) is 12.1. The van der Waals surface area contributed by atoms with Crippen LogP contribution in [0, 0.1) is 11.8 Å². The molecule has 0 bridgehead atoms. The van der Waals surface area contributed by atoms with Crippen LogP contribution in [0.15, 0.2) is 17.2 Å². The minimum Gasteiger partial charge on any atom is -0.356 e. The Labute approximate surface area is 96.7 Å². The molecule has 16 heavy (non-hydrogen) atoms. The lowest BCUT2D eigenvalue weighted by atomic mass is 10.1. The Morgan fingerprint density at radius 1 is 1.25 bits per heavy atom. The van der Waals surface area contributed by atoms with E-state index in [0.29, 0.717) is 11.8 Å². The molecule has 4 heteroatoms. The van der Waals surface area contributed by atoms with E-state index in [1.165, 1.54) is 6.33 Å². The van der Waals surface area contributed by atoms with Crippen LogP contribution in [0.3, 0.4) is 0 Å². The summed E-state index contributed by atoms with van der Waals surface area (Å²) in [7, 11) is 0. The van der Waals surface area contributed by atoms with E-state index in [9.17, 15) is 4.79 Å². The van der Waals surface area contributed by atoms with Gasteiger partial charge < -0.3 is 9.88 Å². The molecule has 0 spiro atoms. The molecule has 0 aliphatic rings. The summed E-state index contributed by atoms with van der Waals surface area (Å²) in [6.07, 6.45) is 1.46. The highest BCUT2D eigenvalue weighted by Gasteiger charge is 2.11. The van der Waals surface area contributed by atoms with Crippen LogP contribution in [0.4, 0.5) is 5.82 Å². The van der Waals surface area contributed by atoms with E-state index in [1.54, 1.807) is 6.07 Å². The molecule has 0 fully saturated rings. The summed E-state index contributed by atoms with van der Waals surface area (Å²) in [6, 6.07) is 1.56. The molecule has 0 radical (unpaired) electrons. The Kier molecular flexibility index (Phi) is 4.52. The highest BCUT2D eigenvalue weighted by Crippen LogP contribution is 2.12. The predicted octanol–water partition coefficient (Wildman–Crippen LogP) is 1.89. The highest BCUT2D eigenvalue weighted by atomic mass is 16.1. The van der Waals surface area contributed by atoms with E-state index in [-0.39, 0.29) is 5.56 Å². The van der Waals surface area contributed by atoms with Gasteiger partial charge in [-0.05, 0) is 11.8 Å². The summed E-state index contributed by atoms with van der Waals surface area (Å²) in [4.78, 5) is 20.2. The molecule has 0 aliphatic heterocycles. The van der Waals surface area contributed by atoms with E-state index < -0.39 is 0 Å². The standard InChI is InChI=1S/C12H21N3O/c1-9(2)6-15(7-10(3)4)11-5-12(16)14-8-13-11/h5,8-10H,6-7H2,1-4H3,(H,13,14,16). The third kappa shape index (κ3) is 4.04. The number of aromatic amines is 1. The Morgan fingerprint density at radius 2 is 1.81 bits per heavy atom. The van der Waals surface area contributed by atoms with Crippen LogP contribution in [-0.4, -0.2) is 23.1 Å². The van der Waals surface area contributed by atoms with Gasteiger partial charge in [0.1, 0.15) is 5.82 Å². The molecule has 0 amide bonds. The molecule has 90 valence electrons. The van der Waals surface area contributed by atoms with Gasteiger partial charge in [0, 0.05) is 19.2 Å². The monoisotopic (exact) mass is 223 g/mol. The second-order valence-corrected chi connectivity index (χ2v) is 4.96. The minimum atomic E-state index is -0.0949. The third-order valence-electron chi connectivity index (χ3n) is 2.16. The largest absolute Gasteiger partial charge is 0.356 e. The van der Waals surface area contributed by atoms with Crippen molar-refractivity contribution in [3.63, 3.8) is 0 Å². The first-order valence-corrected chi connectivity index (χ1v) is 5.78. The molecule has 0 unspecified atom stereocenters. The summed E-state index contributed by atoms with van der Waals surface area (Å²) in [6.45, 7) is 10.5. The van der Waals surface area contributed by atoms with Crippen molar-refractivity contribution in [1.82, 2.24) is 9.97 Å². The van der Waals surface area contributed by atoms with Crippen molar-refractivity contribution in [3.05, 3.63) is 22.7 Å². The van der Waals surface area contributed by atoms with Crippen molar-refractivity contribution >= 4 is 5.82 Å². The van der Waals surface area contributed by atoms with Crippen molar-refractivity contribution in [2.45, 2.75) is 27.7 Å². The number of nitrogens with zero attached hydrogens (tertiary/aromatic N) is 2. The number of anilines is 1. The predicted molar refractivity (Wildman–Crippen MR) is 66.7 cm³/mol. The van der Waals surface area contributed by atoms with Gasteiger partial charge in [-0.25, -0.2) is 4.98 Å². The van der Waals surface area contributed by atoms with Crippen LogP contribution in [-0.2, 0) is 0 Å². The normalized spacial score (nSPS) is 11.1. The molecule has 0 saturated carbocycles. The first-order valence-electron chi connectivity index (χ1n) is 5.78. The second kappa shape index (κ2) is 5.68. The summed E-state index contributed by atoms with van der Waals surface area (Å²) in [5.74, 6) is 1.88. The fourth-order valence-electron chi connectivity index (χ4n) is 1.67. The highest BCUT2D eigenvalue weighted by molar-refractivity contribution is 5.36. The maximum absolute atomic E-state index is 11.2. The van der Waals surface area contributed by atoms with Gasteiger partial charge in [0.15, 0.2) is 0 Å². The van der Waals surface area contributed by atoms with Crippen LogP contribution in [0.5, 0.6) is 0 Å². The molecule has 0 saturated heterocycles. The second-order valence-electron chi connectivity index (χ2n) is 4.96. The smallest absolute Gasteiger partial charge is 0.252 e. The fourth-order valence-corrected chi connectivity index (χ4v) is 1.67. The van der Waals surface area contributed by atoms with Gasteiger partial charge in [-0.1, -0.05) is 27.7 Å². The fraction of sp³-hybridized carbons (Fsp3) is 0.667. The lowest BCUT2D eigenvalue weighted by Gasteiger charge is -2.26. The molecule has 0 aromatic carbocycles. The molecule has 1 heterocycles. The molecular formula is C12H21N3O. The van der Waals surface area contributed by atoms with Crippen LogP contribution < -0.4 is 10.5 Å². The van der Waals surface area contributed by atoms with Crippen molar-refractivity contribution in [2.24, 2.45) is 11.8 Å². The first-order chi connectivity index (χ1) is 7.49. The molecule has 4 nitrogen and oxygen atoms in total. The molecule has 1 rings (SSSR count). The Bertz CT molecular complexity index is 361. The Balaban J connectivity index is 2.86. The van der Waals surface area contributed by atoms with Crippen LogP contribution in [0.1, 0.15) is 27.7 Å². The zero-order valence-electron chi connectivity index (χ0n) is 10.5. The average molecular weight is 223 g/mol. The molecule has 1 aromatic heterocycles. The summed E-state index contributed by atoms with van der Waals surface area (Å²) >= 11 is 0. The average Bonchev–Trinajstić information content (AvgIpc) is 2.15. The third-order valence-corrected chi connectivity index (χ3v) is 2.16. The molecule has 1 aromatic rings. The molecule has 0 aliphatic carbocycles. The number of nitrogens with one attached hydrogen (secondary N) is 1. The van der Waals surface area contributed by atoms with Gasteiger partial charge in [-0.2, -0.15) is 0 Å². The SMILES string of the molecule is CC(C)CN(CC(C)C)c1cc(=O)[nH]cn1. The summed E-state index contributed by atoms with van der Waals surface area (Å²) in [5, 5.41) is 0. The number of H-pyrrole nitrogens is 1. The van der Waals surface area contributed by atoms with Crippen molar-refractivity contribution in [3.8, 4) is 0 Å². The number of hydrogen-bond donors (Lipinski definition) is 1. The maximum atomic E-state index is 11.2. The van der Waals surface area contributed by atoms with Gasteiger partial charge in [0.05, 0.1) is 6.33 Å². The minimum absolute atomic E-state index is 0.0949. The lowest BCUT2D eigenvalue weighted by molar-refractivity contribution is 0.548. The topological polar surface area (TPSA) is 49.0 Å². The molecule has 1 N–H and O–H groups in total. The summed E-state index contributed by atoms with van der Waals surface area (Å²) < 4.78 is 0. The van der Waals surface area contributed by atoms with Crippen molar-refractivity contribution in [2.75, 3.05) is 18.0 Å². The maximum Gasteiger partial charge on any atom is 0.252 e. The van der Waals surface area contributed by atoms with E-state index in [0.717, 1.165) is 18.9 Å². The van der Waals surface area contributed by atoms with Gasteiger partial charge >= 0.3 is 0 Å². The van der Waals surface area contributed by atoms with E-state index in [4.69, 9.17) is 0 Å². The van der Waals surface area contributed by atoms with E-state index >= 15 is 0 Å². The van der Waals surface area contributed by atoms with Gasteiger partial charge in [-0.3, -0.25) is 4.79 Å². The number of hydrogen-bond acceptors (Lipinski definition) is 3. The van der Waals surface area contributed by atoms with Crippen LogP contribution >= 0.6 is 0 Å². The molecule has 0 atom stereocenters. The van der Waals surface area contributed by atoms with Gasteiger partial charge in [0.25, 0.3) is 5.56 Å². The quantitative estimate of drug-likeness (QED) is 0.829. The lowest BCUT2D eigenvalue weighted by Crippen LogP contribution is -2.32. The van der Waals surface area contributed by atoms with E-state index in [2.05, 4.69) is 42.6 Å². The van der Waals surface area contributed by atoms with E-state index in [1.807, 2.05) is 0 Å². The number of aromatic nitrogens is 2. The summed E-state index contributed by atoms with van der Waals surface area (Å²) in [5.41, 5.74) is -0.0949. The number of rotatable bonds is 5. The van der Waals surface area contributed by atoms with Crippen LogP contribution in [0.2, 0.25) is 0 Å². The van der Waals surface area contributed by atoms with Crippen molar-refractivity contribution in [1.29, 1.82) is 0 Å². The van der Waals surface area contributed by atoms with Gasteiger partial charge in [0.2, 0.25) is 0 Å².